The molecule has 0 bridgehead atoms. The summed E-state index contributed by atoms with van der Waals surface area (Å²) in [7, 11) is 0. The van der Waals surface area contributed by atoms with Gasteiger partial charge in [0.1, 0.15) is 11.6 Å². The van der Waals surface area contributed by atoms with Crippen LogP contribution in [0, 0.1) is 35.2 Å². The molecule has 2 aliphatic carbocycles. The standard InChI is InChI=1S/C22H26F6O/c1-2-4-13-7-9-14(10-8-13)16-5-3-6-17(20(16)25)22(27,28)29-15-11-18(23)21(26)19(24)12-15/h11-14,16H,2-10H2,1H3. The Bertz CT molecular complexity index is 729. The second kappa shape index (κ2) is 9.00. The summed E-state index contributed by atoms with van der Waals surface area (Å²) in [6.45, 7) is 2.13. The minimum Gasteiger partial charge on any atom is -0.429 e. The Balaban J connectivity index is 1.76. The molecule has 2 aliphatic rings. The zero-order valence-corrected chi connectivity index (χ0v) is 16.4. The highest BCUT2D eigenvalue weighted by atomic mass is 19.3. The lowest BCUT2D eigenvalue weighted by atomic mass is 9.71. The van der Waals surface area contributed by atoms with Crippen LogP contribution in [-0.2, 0) is 0 Å². The van der Waals surface area contributed by atoms with E-state index in [0.29, 0.717) is 30.9 Å². The SMILES string of the molecule is CCCC1CCC(C2CCCC(C(F)(F)Oc3cc(F)c(F)c(F)c3)=C2F)CC1. The average molecular weight is 420 g/mol. The summed E-state index contributed by atoms with van der Waals surface area (Å²) >= 11 is 0. The maximum absolute atomic E-state index is 15.1. The lowest BCUT2D eigenvalue weighted by molar-refractivity contribution is -0.148. The summed E-state index contributed by atoms with van der Waals surface area (Å²) in [6, 6.07) is 0.667. The van der Waals surface area contributed by atoms with E-state index in [0.717, 1.165) is 38.5 Å². The van der Waals surface area contributed by atoms with Gasteiger partial charge in [0, 0.05) is 18.1 Å². The summed E-state index contributed by atoms with van der Waals surface area (Å²) < 4.78 is 88.4. The predicted octanol–water partition coefficient (Wildman–Crippen LogP) is 7.71. The third kappa shape index (κ3) is 4.92. The summed E-state index contributed by atoms with van der Waals surface area (Å²) in [4.78, 5) is 0. The maximum atomic E-state index is 15.1. The number of alkyl halides is 2. The fraction of sp³-hybridized carbons (Fsp3) is 0.636. The van der Waals surface area contributed by atoms with Crippen LogP contribution in [0.25, 0.3) is 0 Å². The van der Waals surface area contributed by atoms with E-state index in [-0.39, 0.29) is 12.3 Å². The van der Waals surface area contributed by atoms with Crippen LogP contribution < -0.4 is 4.74 Å². The summed E-state index contributed by atoms with van der Waals surface area (Å²) in [5, 5.41) is 0. The first-order valence-electron chi connectivity index (χ1n) is 10.3. The number of rotatable bonds is 6. The van der Waals surface area contributed by atoms with Crippen molar-refractivity contribution in [1.29, 1.82) is 0 Å². The van der Waals surface area contributed by atoms with Crippen molar-refractivity contribution in [2.45, 2.75) is 70.8 Å². The molecule has 1 aromatic rings. The number of benzene rings is 1. The molecule has 1 nitrogen and oxygen atoms in total. The van der Waals surface area contributed by atoms with Gasteiger partial charge in [-0.2, -0.15) is 8.78 Å². The number of halogens is 6. The van der Waals surface area contributed by atoms with Gasteiger partial charge in [-0.1, -0.05) is 32.6 Å². The van der Waals surface area contributed by atoms with Gasteiger partial charge in [-0.15, -0.1) is 0 Å². The number of hydrogen-bond donors (Lipinski definition) is 0. The Morgan fingerprint density at radius 1 is 0.966 bits per heavy atom. The zero-order valence-electron chi connectivity index (χ0n) is 16.4. The molecule has 0 spiro atoms. The molecule has 0 aliphatic heterocycles. The first-order chi connectivity index (χ1) is 13.7. The van der Waals surface area contributed by atoms with Gasteiger partial charge in [0.2, 0.25) is 0 Å². The molecule has 0 heterocycles. The molecule has 3 rings (SSSR count). The van der Waals surface area contributed by atoms with Gasteiger partial charge in [-0.25, -0.2) is 17.6 Å². The van der Waals surface area contributed by atoms with Crippen LogP contribution in [0.3, 0.4) is 0 Å². The van der Waals surface area contributed by atoms with Crippen LogP contribution in [0.5, 0.6) is 5.75 Å². The topological polar surface area (TPSA) is 9.23 Å². The average Bonchev–Trinajstić information content (AvgIpc) is 2.67. The fourth-order valence-corrected chi connectivity index (χ4v) is 4.78. The van der Waals surface area contributed by atoms with Crippen LogP contribution in [0.1, 0.15) is 64.7 Å². The van der Waals surface area contributed by atoms with E-state index in [1.807, 2.05) is 0 Å². The summed E-state index contributed by atoms with van der Waals surface area (Å²) in [6.07, 6.45) is 2.50. The van der Waals surface area contributed by atoms with Crippen LogP contribution >= 0.6 is 0 Å². The normalized spacial score (nSPS) is 26.0. The van der Waals surface area contributed by atoms with E-state index in [2.05, 4.69) is 11.7 Å². The molecule has 0 saturated heterocycles. The minimum atomic E-state index is -4.06. The highest BCUT2D eigenvalue weighted by molar-refractivity contribution is 5.28. The molecule has 0 radical (unpaired) electrons. The number of hydrogen-bond acceptors (Lipinski definition) is 1. The second-order valence-electron chi connectivity index (χ2n) is 8.21. The Morgan fingerprint density at radius 3 is 2.17 bits per heavy atom. The number of allylic oxidation sites excluding steroid dienone is 1. The van der Waals surface area contributed by atoms with Gasteiger partial charge in [0.05, 0.1) is 5.57 Å². The molecule has 1 fully saturated rings. The van der Waals surface area contributed by atoms with Gasteiger partial charge in [-0.05, 0) is 43.9 Å². The van der Waals surface area contributed by atoms with Gasteiger partial charge >= 0.3 is 6.11 Å². The van der Waals surface area contributed by atoms with E-state index in [1.165, 1.54) is 0 Å². The first-order valence-corrected chi connectivity index (χ1v) is 10.3. The Morgan fingerprint density at radius 2 is 1.59 bits per heavy atom. The summed E-state index contributed by atoms with van der Waals surface area (Å²) in [5.41, 5.74) is -0.769. The van der Waals surface area contributed by atoms with Crippen LogP contribution in [0.4, 0.5) is 26.3 Å². The van der Waals surface area contributed by atoms with Gasteiger partial charge in [-0.3, -0.25) is 0 Å². The van der Waals surface area contributed by atoms with Crippen molar-refractivity contribution in [3.63, 3.8) is 0 Å². The molecule has 0 aromatic heterocycles. The highest BCUT2D eigenvalue weighted by Crippen LogP contribution is 2.47. The van der Waals surface area contributed by atoms with Gasteiger partial charge in [0.15, 0.2) is 17.5 Å². The molecule has 1 atom stereocenters. The molecule has 162 valence electrons. The van der Waals surface area contributed by atoms with Crippen molar-refractivity contribution < 1.29 is 31.1 Å². The Hall–Kier alpha value is -1.66. The molecular weight excluding hydrogens is 394 g/mol. The highest BCUT2D eigenvalue weighted by Gasteiger charge is 2.45. The molecule has 1 unspecified atom stereocenters. The Labute approximate surface area is 167 Å². The van der Waals surface area contributed by atoms with Gasteiger partial charge in [0.25, 0.3) is 0 Å². The van der Waals surface area contributed by atoms with Crippen molar-refractivity contribution in [2.75, 3.05) is 0 Å². The summed E-state index contributed by atoms with van der Waals surface area (Å²) in [5.74, 6) is -6.72. The lowest BCUT2D eigenvalue weighted by Crippen LogP contribution is -2.33. The third-order valence-corrected chi connectivity index (χ3v) is 6.27. The molecular formula is C22H26F6O. The van der Waals surface area contributed by atoms with Crippen molar-refractivity contribution in [3.8, 4) is 5.75 Å². The minimum absolute atomic E-state index is 0.0231. The van der Waals surface area contributed by atoms with E-state index in [9.17, 15) is 22.0 Å². The lowest BCUT2D eigenvalue weighted by Gasteiger charge is -2.36. The zero-order chi connectivity index (χ0) is 21.2. The molecule has 29 heavy (non-hydrogen) atoms. The first kappa shape index (κ1) is 22.0. The molecule has 1 saturated carbocycles. The second-order valence-corrected chi connectivity index (χ2v) is 8.21. The van der Waals surface area contributed by atoms with E-state index < -0.39 is 46.6 Å². The predicted molar refractivity (Wildman–Crippen MR) is 97.7 cm³/mol. The van der Waals surface area contributed by atoms with Crippen LogP contribution in [0.15, 0.2) is 23.5 Å². The third-order valence-electron chi connectivity index (χ3n) is 6.27. The molecule has 7 heteroatoms. The molecule has 1 aromatic carbocycles. The van der Waals surface area contributed by atoms with E-state index >= 15 is 4.39 Å². The van der Waals surface area contributed by atoms with Crippen LogP contribution in [0.2, 0.25) is 0 Å². The molecule has 0 amide bonds. The van der Waals surface area contributed by atoms with E-state index in [1.54, 1.807) is 0 Å². The van der Waals surface area contributed by atoms with Crippen molar-refractivity contribution in [2.24, 2.45) is 17.8 Å². The quantitative estimate of drug-likeness (QED) is 0.338. The van der Waals surface area contributed by atoms with Crippen LogP contribution in [-0.4, -0.2) is 6.11 Å². The van der Waals surface area contributed by atoms with E-state index in [4.69, 9.17) is 0 Å². The monoisotopic (exact) mass is 420 g/mol. The Kier molecular flexibility index (Phi) is 6.84. The number of ether oxygens (including phenoxy) is 1. The van der Waals surface area contributed by atoms with Crippen molar-refractivity contribution >= 4 is 0 Å². The fourth-order valence-electron chi connectivity index (χ4n) is 4.78. The smallest absolute Gasteiger partial charge is 0.425 e. The molecule has 0 N–H and O–H groups in total. The van der Waals surface area contributed by atoms with Crippen molar-refractivity contribution in [1.82, 2.24) is 0 Å². The van der Waals surface area contributed by atoms with Crippen molar-refractivity contribution in [3.05, 3.63) is 41.0 Å². The maximum Gasteiger partial charge on any atom is 0.425 e. The largest absolute Gasteiger partial charge is 0.429 e. The van der Waals surface area contributed by atoms with Gasteiger partial charge < -0.3 is 4.74 Å².